The molecule has 0 aliphatic rings. The zero-order valence-electron chi connectivity index (χ0n) is 57.0. The van der Waals surface area contributed by atoms with Gasteiger partial charge in [0.05, 0.1) is 0 Å². The maximum absolute atomic E-state index is 7.43. The lowest BCUT2D eigenvalue weighted by Gasteiger charge is -2.62. The molecule has 0 aliphatic heterocycles. The Kier molecular flexibility index (Phi) is 24.7. The third kappa shape index (κ3) is 14.8. The molecule has 0 N–H and O–H groups in total. The molecule has 0 fully saturated rings. The van der Waals surface area contributed by atoms with Crippen molar-refractivity contribution < 1.29 is 0 Å². The number of thioether (sulfide) groups is 1. The van der Waals surface area contributed by atoms with Crippen molar-refractivity contribution in [3.05, 3.63) is 243 Å². The van der Waals surface area contributed by atoms with E-state index in [0.717, 1.165) is 63.1 Å². The minimum absolute atomic E-state index is 0.135. The van der Waals surface area contributed by atoms with Gasteiger partial charge in [-0.1, -0.05) is 340 Å². The average molecular weight is 1410 g/mol. The molecule has 8 aromatic rings. The summed E-state index contributed by atoms with van der Waals surface area (Å²) >= 11 is 31.7. The highest BCUT2D eigenvalue weighted by Crippen LogP contribution is 2.52. The summed E-state index contributed by atoms with van der Waals surface area (Å²) < 4.78 is 6.42. The van der Waals surface area contributed by atoms with Gasteiger partial charge >= 0.3 is 0 Å². The summed E-state index contributed by atoms with van der Waals surface area (Å²) in [6.45, 7) is 36.9. The van der Waals surface area contributed by atoms with Crippen LogP contribution in [0.25, 0.3) is 0 Å². The number of hydrogen-bond acceptors (Lipinski definition) is 3. The van der Waals surface area contributed by atoms with Gasteiger partial charge in [-0.2, -0.15) is 11.8 Å². The molecule has 0 heterocycles. The Morgan fingerprint density at radius 3 is 0.582 bits per heavy atom. The second-order valence-electron chi connectivity index (χ2n) is 30.0. The SMILES string of the molecule is CC(CCCN([Si](c1ccccc1)(c1ccccc1)C(C)(C)C)[Si](c1ccccc1)(c1ccccc1)C(C)(C)C)(CCSCCC(C)(CCCN([Si](c1ccccc1)(c1ccccc1)C(C)(C)C)[Si](c1ccccc1)(c1ccccc1)C(C)(C)C)[Si](Cl)Cl)[Si](Cl)Cl. The fraction of sp³-hybridized carbons (Fsp3) is 0.385. The Morgan fingerprint density at radius 1 is 0.275 bits per heavy atom. The highest BCUT2D eigenvalue weighted by Gasteiger charge is 2.65. The van der Waals surface area contributed by atoms with E-state index in [9.17, 15) is 0 Å². The summed E-state index contributed by atoms with van der Waals surface area (Å²) in [6, 6.07) is 93.0. The molecule has 0 saturated heterocycles. The van der Waals surface area contributed by atoms with Gasteiger partial charge in [-0.25, -0.2) is 0 Å². The van der Waals surface area contributed by atoms with E-state index in [1.807, 2.05) is 11.8 Å². The molecule has 2 atom stereocenters. The third-order valence-corrected chi connectivity index (χ3v) is 55.7. The molecule has 2 radical (unpaired) electrons. The lowest BCUT2D eigenvalue weighted by atomic mass is 10.0. The van der Waals surface area contributed by atoms with Gasteiger partial charge in [0.1, 0.15) is 0 Å². The van der Waals surface area contributed by atoms with Crippen molar-refractivity contribution in [3.8, 4) is 0 Å². The van der Waals surface area contributed by atoms with Crippen LogP contribution in [-0.4, -0.2) is 80.8 Å². The van der Waals surface area contributed by atoms with Crippen molar-refractivity contribution in [2.24, 2.45) is 0 Å². The van der Waals surface area contributed by atoms with Crippen molar-refractivity contribution in [2.45, 2.75) is 166 Å². The van der Waals surface area contributed by atoms with E-state index in [2.05, 4.69) is 348 Å². The van der Waals surface area contributed by atoms with Crippen LogP contribution in [0.2, 0.25) is 30.2 Å². The molecule has 482 valence electrons. The molecule has 0 aliphatic carbocycles. The van der Waals surface area contributed by atoms with Gasteiger partial charge in [0, 0.05) is 0 Å². The highest BCUT2D eigenvalue weighted by molar-refractivity contribution is 7.99. The van der Waals surface area contributed by atoms with E-state index in [1.54, 1.807) is 0 Å². The van der Waals surface area contributed by atoms with Gasteiger partial charge in [0.2, 0.25) is 0 Å². The first-order valence-corrected chi connectivity index (χ1v) is 49.1. The van der Waals surface area contributed by atoms with Gasteiger partial charge < -0.3 is 8.46 Å². The smallest absolute Gasteiger partial charge is 0.279 e. The Balaban J connectivity index is 1.11. The molecule has 0 aromatic heterocycles. The van der Waals surface area contributed by atoms with Gasteiger partial charge in [0.25, 0.3) is 14.8 Å². The van der Waals surface area contributed by atoms with Crippen LogP contribution in [0.15, 0.2) is 243 Å². The molecule has 8 rings (SSSR count). The summed E-state index contributed by atoms with van der Waals surface area (Å²) in [5.74, 6) is 1.94. The first-order chi connectivity index (χ1) is 43.1. The minimum Gasteiger partial charge on any atom is -0.330 e. The second-order valence-corrected chi connectivity index (χ2v) is 59.8. The predicted molar refractivity (Wildman–Crippen MR) is 421 cm³/mol. The van der Waals surface area contributed by atoms with Crippen molar-refractivity contribution in [1.29, 1.82) is 0 Å². The molecule has 2 nitrogen and oxygen atoms in total. The van der Waals surface area contributed by atoms with Crippen LogP contribution in [0, 0.1) is 0 Å². The summed E-state index contributed by atoms with van der Waals surface area (Å²) in [5, 5.41) is 10.6. The maximum atomic E-state index is 7.43. The fourth-order valence-electron chi connectivity index (χ4n) is 16.2. The van der Waals surface area contributed by atoms with Gasteiger partial charge in [-0.15, -0.1) is 44.3 Å². The monoisotopic (exact) mass is 1410 g/mol. The quantitative estimate of drug-likeness (QED) is 0.0274. The average Bonchev–Trinajstić information content (AvgIpc) is 0.699. The molecule has 0 bridgehead atoms. The summed E-state index contributed by atoms with van der Waals surface area (Å²) in [4.78, 5) is 0. The molecule has 2 unspecified atom stereocenters. The summed E-state index contributed by atoms with van der Waals surface area (Å²) in [6.07, 6.45) is 5.68. The first-order valence-electron chi connectivity index (χ1n) is 33.1. The Bertz CT molecular complexity index is 2870. The Morgan fingerprint density at radius 2 is 0.440 bits per heavy atom. The third-order valence-electron chi connectivity index (χ3n) is 20.2. The number of hydrogen-bond donors (Lipinski definition) is 0. The molecule has 0 spiro atoms. The van der Waals surface area contributed by atoms with Crippen LogP contribution >= 0.6 is 56.1 Å². The minimum atomic E-state index is -2.98. The van der Waals surface area contributed by atoms with E-state index < -0.39 is 47.8 Å². The van der Waals surface area contributed by atoms with E-state index in [1.165, 1.54) is 41.5 Å². The van der Waals surface area contributed by atoms with E-state index in [4.69, 9.17) is 44.3 Å². The standard InChI is InChI=1S/C78H102Cl4N2SSi6/c1-73(2,3)88(65-41-23-15-24-42-65,66-43-25-16-26-44-66)83(89(74(4,5)6,67-45-27-17-28-46-67)68-47-29-18-30-48-68)61-39-57-77(13,86(79)80)59-63-85-64-60-78(14,87(81)82)58-40-62-84(90(75(7,8)9,69-49-31-19-32-50-69)70-51-33-20-34-52-70)91(76(10,11)12,71-53-35-21-36-54-71)72-55-37-22-38-56-72/h15-38,41-56H,39-40,57-64H2,1-14H3. The zero-order valence-corrected chi connectivity index (χ0v) is 66.8. The van der Waals surface area contributed by atoms with Crippen molar-refractivity contribution >= 4 is 145 Å². The molecule has 13 heteroatoms. The van der Waals surface area contributed by atoms with E-state index in [-0.39, 0.29) is 30.2 Å². The van der Waals surface area contributed by atoms with Crippen molar-refractivity contribution in [1.82, 2.24) is 8.46 Å². The Labute approximate surface area is 581 Å². The highest BCUT2D eigenvalue weighted by atomic mass is 35.7. The van der Waals surface area contributed by atoms with Crippen LogP contribution < -0.4 is 41.5 Å². The number of rotatable bonds is 28. The van der Waals surface area contributed by atoms with Crippen LogP contribution in [0.1, 0.15) is 135 Å². The summed E-state index contributed by atoms with van der Waals surface area (Å²) in [5.41, 5.74) is 0. The van der Waals surface area contributed by atoms with E-state index >= 15 is 0 Å². The topological polar surface area (TPSA) is 6.48 Å². The lowest BCUT2D eigenvalue weighted by Crippen LogP contribution is -2.88. The van der Waals surface area contributed by atoms with Crippen LogP contribution in [0.3, 0.4) is 0 Å². The molecular weight excluding hydrogens is 1310 g/mol. The number of nitrogens with zero attached hydrogens (tertiary/aromatic N) is 2. The number of benzene rings is 8. The normalized spacial score (nSPS) is 14.7. The molecule has 0 amide bonds. The summed E-state index contributed by atoms with van der Waals surface area (Å²) in [7, 11) is -15.5. The predicted octanol–water partition coefficient (Wildman–Crippen LogP) is 18.4. The second kappa shape index (κ2) is 30.7. The van der Waals surface area contributed by atoms with Crippen LogP contribution in [0.5, 0.6) is 0 Å². The largest absolute Gasteiger partial charge is 0.330 e. The zero-order chi connectivity index (χ0) is 66.0. The molecule has 0 saturated carbocycles. The van der Waals surface area contributed by atoms with Gasteiger partial charge in [0.15, 0.2) is 32.9 Å². The Hall–Kier alpha value is -3.51. The molecule has 91 heavy (non-hydrogen) atoms. The number of halogens is 4. The van der Waals surface area contributed by atoms with Crippen LogP contribution in [-0.2, 0) is 0 Å². The van der Waals surface area contributed by atoms with Crippen LogP contribution in [0.4, 0.5) is 0 Å². The fourth-order valence-corrected chi connectivity index (χ4v) is 54.1. The van der Waals surface area contributed by atoms with Gasteiger partial charge in [-0.05, 0) is 135 Å². The van der Waals surface area contributed by atoms with Crippen molar-refractivity contribution in [2.75, 3.05) is 24.6 Å². The maximum Gasteiger partial charge on any atom is 0.279 e. The van der Waals surface area contributed by atoms with E-state index in [0.29, 0.717) is 0 Å². The van der Waals surface area contributed by atoms with Crippen molar-refractivity contribution in [3.63, 3.8) is 0 Å². The van der Waals surface area contributed by atoms with Gasteiger partial charge in [-0.3, -0.25) is 0 Å². The lowest BCUT2D eigenvalue weighted by molar-refractivity contribution is 0.458. The first kappa shape index (κ1) is 73.3. The molecule has 8 aromatic carbocycles. The molecular formula is C78H102Cl4N2SSi6.